The SMILES string of the molecule is Cc1ccc(/C=C2/C(=O)N(C)C(=S)N(c3ccccc3)C2=O)s1. The molecule has 1 aliphatic rings. The van der Waals surface area contributed by atoms with Gasteiger partial charge >= 0.3 is 0 Å². The number of aryl methyl sites for hydroxylation is 1. The van der Waals surface area contributed by atoms with Crippen LogP contribution < -0.4 is 4.90 Å². The molecule has 1 saturated heterocycles. The summed E-state index contributed by atoms with van der Waals surface area (Å²) in [5.41, 5.74) is 0.766. The molecule has 0 saturated carbocycles. The van der Waals surface area contributed by atoms with Gasteiger partial charge in [0.25, 0.3) is 11.8 Å². The van der Waals surface area contributed by atoms with E-state index in [0.29, 0.717) is 5.69 Å². The molecule has 2 aromatic rings. The van der Waals surface area contributed by atoms with E-state index in [1.54, 1.807) is 25.3 Å². The predicted octanol–water partition coefficient (Wildman–Crippen LogP) is 3.23. The molecule has 3 rings (SSSR count). The molecule has 1 aromatic carbocycles. The van der Waals surface area contributed by atoms with Gasteiger partial charge in [-0.1, -0.05) is 18.2 Å². The van der Waals surface area contributed by atoms with E-state index in [2.05, 4.69) is 0 Å². The smallest absolute Gasteiger partial charge is 0.270 e. The second-order valence-electron chi connectivity index (χ2n) is 5.13. The molecule has 0 aliphatic carbocycles. The Labute approximate surface area is 143 Å². The summed E-state index contributed by atoms with van der Waals surface area (Å²) in [4.78, 5) is 30.0. The van der Waals surface area contributed by atoms with Crippen LogP contribution in [-0.2, 0) is 9.59 Å². The summed E-state index contributed by atoms with van der Waals surface area (Å²) in [5.74, 6) is -0.770. The van der Waals surface area contributed by atoms with Gasteiger partial charge < -0.3 is 0 Å². The Morgan fingerprint density at radius 2 is 1.74 bits per heavy atom. The van der Waals surface area contributed by atoms with Crippen LogP contribution in [0.5, 0.6) is 0 Å². The zero-order valence-electron chi connectivity index (χ0n) is 12.6. The molecule has 0 bridgehead atoms. The highest BCUT2D eigenvalue weighted by molar-refractivity contribution is 7.80. The maximum Gasteiger partial charge on any atom is 0.270 e. The molecule has 2 heterocycles. The van der Waals surface area contributed by atoms with Crippen LogP contribution in [0, 0.1) is 6.92 Å². The Morgan fingerprint density at radius 3 is 2.35 bits per heavy atom. The Bertz CT molecular complexity index is 824. The number of para-hydroxylation sites is 1. The molecule has 0 atom stereocenters. The second kappa shape index (κ2) is 6.06. The molecular weight excluding hydrogens is 328 g/mol. The first-order valence-electron chi connectivity index (χ1n) is 6.98. The van der Waals surface area contributed by atoms with Gasteiger partial charge in [-0.25, -0.2) is 0 Å². The number of hydrogen-bond acceptors (Lipinski definition) is 4. The third kappa shape index (κ3) is 2.83. The number of likely N-dealkylation sites (N-methyl/N-ethyl adjacent to an activating group) is 1. The number of carbonyl (C=O) groups excluding carboxylic acids is 2. The maximum atomic E-state index is 12.8. The van der Waals surface area contributed by atoms with Gasteiger partial charge in [-0.2, -0.15) is 0 Å². The molecule has 0 unspecified atom stereocenters. The second-order valence-corrected chi connectivity index (χ2v) is 6.81. The van der Waals surface area contributed by atoms with E-state index in [4.69, 9.17) is 12.2 Å². The summed E-state index contributed by atoms with van der Waals surface area (Å²) in [6.45, 7) is 1.98. The number of hydrogen-bond donors (Lipinski definition) is 0. The van der Waals surface area contributed by atoms with Gasteiger partial charge in [0.1, 0.15) is 5.57 Å². The van der Waals surface area contributed by atoms with Gasteiger partial charge in [-0.15, -0.1) is 11.3 Å². The van der Waals surface area contributed by atoms with Crippen LogP contribution in [0.3, 0.4) is 0 Å². The standard InChI is InChI=1S/C17H14N2O2S2/c1-11-8-9-13(23-11)10-14-15(20)18(2)17(22)19(16(14)21)12-6-4-3-5-7-12/h3-10H,1-2H3/b14-10-. The minimum absolute atomic E-state index is 0.117. The fraction of sp³-hybridized carbons (Fsp3) is 0.118. The Morgan fingerprint density at radius 1 is 1.04 bits per heavy atom. The lowest BCUT2D eigenvalue weighted by Crippen LogP contribution is -2.54. The third-order valence-corrected chi connectivity index (χ3v) is 4.91. The van der Waals surface area contributed by atoms with Crippen LogP contribution >= 0.6 is 23.6 Å². The first-order chi connectivity index (χ1) is 11.0. The molecule has 4 nitrogen and oxygen atoms in total. The van der Waals surface area contributed by atoms with Crippen LogP contribution in [0.1, 0.15) is 9.75 Å². The monoisotopic (exact) mass is 342 g/mol. The molecule has 0 radical (unpaired) electrons. The summed E-state index contributed by atoms with van der Waals surface area (Å²) >= 11 is 6.83. The van der Waals surface area contributed by atoms with Crippen molar-refractivity contribution in [2.75, 3.05) is 11.9 Å². The zero-order valence-corrected chi connectivity index (χ0v) is 14.3. The van der Waals surface area contributed by atoms with Crippen LogP contribution in [0.25, 0.3) is 6.08 Å². The van der Waals surface area contributed by atoms with E-state index < -0.39 is 5.91 Å². The first-order valence-corrected chi connectivity index (χ1v) is 8.21. The number of benzene rings is 1. The maximum absolute atomic E-state index is 12.8. The van der Waals surface area contributed by atoms with Crippen molar-refractivity contribution in [2.45, 2.75) is 6.92 Å². The van der Waals surface area contributed by atoms with E-state index in [0.717, 1.165) is 9.75 Å². The topological polar surface area (TPSA) is 40.6 Å². The normalized spacial score (nSPS) is 17.3. The van der Waals surface area contributed by atoms with E-state index in [-0.39, 0.29) is 16.6 Å². The average molecular weight is 342 g/mol. The van der Waals surface area contributed by atoms with Crippen molar-refractivity contribution in [3.63, 3.8) is 0 Å². The molecule has 1 aliphatic heterocycles. The summed E-state index contributed by atoms with van der Waals surface area (Å²) in [6, 6.07) is 13.0. The highest BCUT2D eigenvalue weighted by Gasteiger charge is 2.38. The molecule has 116 valence electrons. The summed E-state index contributed by atoms with van der Waals surface area (Å²) in [6.07, 6.45) is 1.64. The largest absolute Gasteiger partial charge is 0.287 e. The lowest BCUT2D eigenvalue weighted by atomic mass is 10.1. The Kier molecular flexibility index (Phi) is 4.11. The van der Waals surface area contributed by atoms with Crippen molar-refractivity contribution in [3.05, 3.63) is 57.8 Å². The number of thiocarbonyl (C=S) groups is 1. The minimum atomic E-state index is -0.393. The van der Waals surface area contributed by atoms with Crippen molar-refractivity contribution >= 4 is 52.2 Å². The fourth-order valence-electron chi connectivity index (χ4n) is 2.32. The van der Waals surface area contributed by atoms with Crippen molar-refractivity contribution in [1.29, 1.82) is 0 Å². The van der Waals surface area contributed by atoms with E-state index in [1.165, 1.54) is 21.1 Å². The van der Waals surface area contributed by atoms with Crippen molar-refractivity contribution in [1.82, 2.24) is 4.90 Å². The van der Waals surface area contributed by atoms with Gasteiger partial charge in [0.15, 0.2) is 5.11 Å². The average Bonchev–Trinajstić information content (AvgIpc) is 2.96. The fourth-order valence-corrected chi connectivity index (χ4v) is 3.41. The van der Waals surface area contributed by atoms with E-state index in [1.807, 2.05) is 37.3 Å². The highest BCUT2D eigenvalue weighted by Crippen LogP contribution is 2.26. The van der Waals surface area contributed by atoms with E-state index in [9.17, 15) is 9.59 Å². The van der Waals surface area contributed by atoms with Crippen molar-refractivity contribution in [2.24, 2.45) is 0 Å². The Balaban J connectivity index is 2.07. The van der Waals surface area contributed by atoms with Gasteiger partial charge in [0.2, 0.25) is 0 Å². The predicted molar refractivity (Wildman–Crippen MR) is 96.3 cm³/mol. The van der Waals surface area contributed by atoms with Crippen LogP contribution in [0.15, 0.2) is 48.0 Å². The molecule has 1 aromatic heterocycles. The molecule has 2 amide bonds. The summed E-state index contributed by atoms with van der Waals surface area (Å²) < 4.78 is 0. The number of anilines is 1. The number of nitrogens with zero attached hydrogens (tertiary/aromatic N) is 2. The Hall–Kier alpha value is -2.31. The molecule has 1 fully saturated rings. The van der Waals surface area contributed by atoms with Crippen LogP contribution in [-0.4, -0.2) is 28.9 Å². The quantitative estimate of drug-likeness (QED) is 0.478. The van der Waals surface area contributed by atoms with E-state index >= 15 is 0 Å². The van der Waals surface area contributed by atoms with Gasteiger partial charge in [0, 0.05) is 16.8 Å². The van der Waals surface area contributed by atoms with Crippen LogP contribution in [0.4, 0.5) is 5.69 Å². The minimum Gasteiger partial charge on any atom is -0.287 e. The number of carbonyl (C=O) groups is 2. The molecular formula is C17H14N2O2S2. The first kappa shape index (κ1) is 15.6. The van der Waals surface area contributed by atoms with Gasteiger partial charge in [-0.05, 0) is 49.5 Å². The highest BCUT2D eigenvalue weighted by atomic mass is 32.1. The molecule has 0 spiro atoms. The number of amides is 2. The third-order valence-electron chi connectivity index (χ3n) is 3.51. The summed E-state index contributed by atoms with van der Waals surface area (Å²) in [7, 11) is 1.58. The lowest BCUT2D eigenvalue weighted by Gasteiger charge is -2.34. The van der Waals surface area contributed by atoms with Crippen molar-refractivity contribution in [3.8, 4) is 0 Å². The van der Waals surface area contributed by atoms with Crippen molar-refractivity contribution < 1.29 is 9.59 Å². The number of rotatable bonds is 2. The van der Waals surface area contributed by atoms with Gasteiger partial charge in [0.05, 0.1) is 5.69 Å². The summed E-state index contributed by atoms with van der Waals surface area (Å²) in [5, 5.41) is 0.186. The molecule has 23 heavy (non-hydrogen) atoms. The molecule has 6 heteroatoms. The number of thiophene rings is 1. The van der Waals surface area contributed by atoms with Gasteiger partial charge in [-0.3, -0.25) is 19.4 Å². The molecule has 0 N–H and O–H groups in total. The lowest BCUT2D eigenvalue weighted by molar-refractivity contribution is -0.127. The van der Waals surface area contributed by atoms with Crippen LogP contribution in [0.2, 0.25) is 0 Å². The zero-order chi connectivity index (χ0) is 16.6.